The Balaban J connectivity index is 1.35. The van der Waals surface area contributed by atoms with Crippen molar-refractivity contribution in [2.75, 3.05) is 18.9 Å². The summed E-state index contributed by atoms with van der Waals surface area (Å²) in [6.45, 7) is 1.12. The number of carbonyl (C=O) groups is 2. The van der Waals surface area contributed by atoms with E-state index in [-0.39, 0.29) is 18.3 Å². The second kappa shape index (κ2) is 10.8. The standard InChI is InChI=1S/C26H24N2O3S/c29-24(28-16-7-17-32-26(28)27-18-20-8-3-1-4-9-20)19-31-23-14-12-22(13-15-23)25(30)21-10-5-2-6-11-21/h1-6,8-15H,7,16-19H2. The Bertz CT molecular complexity index is 1080. The molecule has 0 bridgehead atoms. The van der Waals surface area contributed by atoms with Gasteiger partial charge in [-0.25, -0.2) is 0 Å². The third-order valence-corrected chi connectivity index (χ3v) is 6.14. The van der Waals surface area contributed by atoms with Crippen molar-refractivity contribution in [3.63, 3.8) is 0 Å². The predicted molar refractivity (Wildman–Crippen MR) is 128 cm³/mol. The van der Waals surface area contributed by atoms with Crippen molar-refractivity contribution in [2.24, 2.45) is 4.99 Å². The molecule has 1 saturated heterocycles. The van der Waals surface area contributed by atoms with E-state index in [9.17, 15) is 9.59 Å². The lowest BCUT2D eigenvalue weighted by molar-refractivity contribution is -0.129. The topological polar surface area (TPSA) is 59.0 Å². The molecule has 0 aliphatic carbocycles. The molecule has 0 unspecified atom stereocenters. The van der Waals surface area contributed by atoms with Crippen LogP contribution in [0.2, 0.25) is 0 Å². The third-order valence-electron chi connectivity index (χ3n) is 5.04. The Kier molecular flexibility index (Phi) is 7.35. The fourth-order valence-corrected chi connectivity index (χ4v) is 4.31. The minimum Gasteiger partial charge on any atom is -0.484 e. The van der Waals surface area contributed by atoms with Gasteiger partial charge in [0.15, 0.2) is 17.6 Å². The maximum Gasteiger partial charge on any atom is 0.266 e. The zero-order valence-electron chi connectivity index (χ0n) is 17.6. The summed E-state index contributed by atoms with van der Waals surface area (Å²) in [5.74, 6) is 1.34. The van der Waals surface area contributed by atoms with Gasteiger partial charge in [0.05, 0.1) is 6.54 Å². The van der Waals surface area contributed by atoms with E-state index >= 15 is 0 Å². The van der Waals surface area contributed by atoms with Gasteiger partial charge in [0, 0.05) is 23.4 Å². The van der Waals surface area contributed by atoms with Crippen molar-refractivity contribution < 1.29 is 14.3 Å². The molecule has 6 heteroatoms. The van der Waals surface area contributed by atoms with Crippen molar-refractivity contribution in [1.29, 1.82) is 0 Å². The summed E-state index contributed by atoms with van der Waals surface area (Å²) in [5, 5.41) is 0.748. The second-order valence-electron chi connectivity index (χ2n) is 7.34. The van der Waals surface area contributed by atoms with E-state index in [4.69, 9.17) is 4.74 Å². The molecule has 0 saturated carbocycles. The molecule has 3 aromatic carbocycles. The Labute approximate surface area is 192 Å². The van der Waals surface area contributed by atoms with Crippen molar-refractivity contribution in [2.45, 2.75) is 13.0 Å². The van der Waals surface area contributed by atoms with Gasteiger partial charge in [-0.1, -0.05) is 72.4 Å². The van der Waals surface area contributed by atoms with Crippen LogP contribution in [-0.4, -0.2) is 40.7 Å². The molecular formula is C26H24N2O3S. The van der Waals surface area contributed by atoms with Crippen LogP contribution in [-0.2, 0) is 11.3 Å². The molecule has 162 valence electrons. The molecule has 1 amide bonds. The maximum atomic E-state index is 12.8. The zero-order valence-corrected chi connectivity index (χ0v) is 18.5. The van der Waals surface area contributed by atoms with E-state index in [1.54, 1.807) is 53.1 Å². The van der Waals surface area contributed by atoms with Crippen molar-refractivity contribution in [3.8, 4) is 5.75 Å². The number of aliphatic imine (C=N–C) groups is 1. The number of hydrogen-bond acceptors (Lipinski definition) is 5. The van der Waals surface area contributed by atoms with E-state index in [0.29, 0.717) is 30.0 Å². The van der Waals surface area contributed by atoms with Gasteiger partial charge in [-0.05, 0) is 36.2 Å². The summed E-state index contributed by atoms with van der Waals surface area (Å²) in [6, 6.07) is 26.0. The molecule has 32 heavy (non-hydrogen) atoms. The fraction of sp³-hybridized carbons (Fsp3) is 0.192. The van der Waals surface area contributed by atoms with Crippen LogP contribution in [0, 0.1) is 0 Å². The van der Waals surface area contributed by atoms with Crippen LogP contribution in [0.15, 0.2) is 89.9 Å². The van der Waals surface area contributed by atoms with E-state index in [0.717, 1.165) is 22.9 Å². The molecule has 0 N–H and O–H groups in total. The Morgan fingerprint density at radius 1 is 0.875 bits per heavy atom. The Hall–Kier alpha value is -3.38. The van der Waals surface area contributed by atoms with E-state index in [1.165, 1.54) is 0 Å². The largest absolute Gasteiger partial charge is 0.484 e. The van der Waals surface area contributed by atoms with Gasteiger partial charge in [0.2, 0.25) is 0 Å². The molecule has 0 aromatic heterocycles. The molecule has 1 fully saturated rings. The average molecular weight is 445 g/mol. The molecule has 0 spiro atoms. The van der Waals surface area contributed by atoms with Gasteiger partial charge in [-0.2, -0.15) is 0 Å². The number of thioether (sulfide) groups is 1. The lowest BCUT2D eigenvalue weighted by atomic mass is 10.0. The first kappa shape index (κ1) is 21.8. The molecular weight excluding hydrogens is 420 g/mol. The van der Waals surface area contributed by atoms with E-state index in [1.807, 2.05) is 48.5 Å². The number of amidine groups is 1. The van der Waals surface area contributed by atoms with E-state index < -0.39 is 0 Å². The quantitative estimate of drug-likeness (QED) is 0.491. The summed E-state index contributed by atoms with van der Waals surface area (Å²) < 4.78 is 5.71. The summed E-state index contributed by atoms with van der Waals surface area (Å²) in [7, 11) is 0. The first-order valence-corrected chi connectivity index (χ1v) is 11.5. The van der Waals surface area contributed by atoms with Crippen LogP contribution in [0.1, 0.15) is 27.9 Å². The smallest absolute Gasteiger partial charge is 0.266 e. The van der Waals surface area contributed by atoms with E-state index in [2.05, 4.69) is 4.99 Å². The van der Waals surface area contributed by atoms with Crippen molar-refractivity contribution in [3.05, 3.63) is 102 Å². The van der Waals surface area contributed by atoms with Crippen LogP contribution in [0.5, 0.6) is 5.75 Å². The van der Waals surface area contributed by atoms with Crippen LogP contribution in [0.25, 0.3) is 0 Å². The fourth-order valence-electron chi connectivity index (χ4n) is 3.35. The number of ether oxygens (including phenoxy) is 1. The zero-order chi connectivity index (χ0) is 22.2. The SMILES string of the molecule is O=C(c1ccccc1)c1ccc(OCC(=O)N2CCCSC2=NCc2ccccc2)cc1. The normalized spacial score (nSPS) is 14.9. The summed E-state index contributed by atoms with van der Waals surface area (Å²) in [6.07, 6.45) is 0.928. The molecule has 1 aliphatic heterocycles. The second-order valence-corrected chi connectivity index (χ2v) is 8.40. The van der Waals surface area contributed by atoms with Gasteiger partial charge in [0.1, 0.15) is 5.75 Å². The average Bonchev–Trinajstić information content (AvgIpc) is 2.87. The van der Waals surface area contributed by atoms with Crippen LogP contribution < -0.4 is 4.74 Å². The van der Waals surface area contributed by atoms with Crippen LogP contribution >= 0.6 is 11.8 Å². The maximum absolute atomic E-state index is 12.8. The van der Waals surface area contributed by atoms with Gasteiger partial charge in [-0.15, -0.1) is 0 Å². The van der Waals surface area contributed by atoms with Gasteiger partial charge < -0.3 is 4.74 Å². The van der Waals surface area contributed by atoms with Crippen LogP contribution in [0.3, 0.4) is 0 Å². The highest BCUT2D eigenvalue weighted by molar-refractivity contribution is 8.13. The number of amides is 1. The molecule has 1 aliphatic rings. The van der Waals surface area contributed by atoms with Gasteiger partial charge >= 0.3 is 0 Å². The predicted octanol–water partition coefficient (Wildman–Crippen LogP) is 4.82. The molecule has 1 heterocycles. The molecule has 0 atom stereocenters. The highest BCUT2D eigenvalue weighted by Crippen LogP contribution is 2.20. The van der Waals surface area contributed by atoms with Crippen LogP contribution in [0.4, 0.5) is 0 Å². The Morgan fingerprint density at radius 2 is 1.53 bits per heavy atom. The molecule has 4 rings (SSSR count). The number of nitrogens with zero attached hydrogens (tertiary/aromatic N) is 2. The molecule has 5 nitrogen and oxygen atoms in total. The lowest BCUT2D eigenvalue weighted by Gasteiger charge is -2.27. The minimum atomic E-state index is -0.117. The molecule has 0 radical (unpaired) electrons. The third kappa shape index (κ3) is 5.65. The number of rotatable bonds is 7. The summed E-state index contributed by atoms with van der Waals surface area (Å²) in [5.41, 5.74) is 2.33. The minimum absolute atomic E-state index is 0.0437. The first-order valence-electron chi connectivity index (χ1n) is 10.5. The summed E-state index contributed by atoms with van der Waals surface area (Å²) in [4.78, 5) is 31.7. The van der Waals surface area contributed by atoms with Crippen molar-refractivity contribution in [1.82, 2.24) is 4.90 Å². The monoisotopic (exact) mass is 444 g/mol. The number of ketones is 1. The number of hydrogen-bond donors (Lipinski definition) is 0. The highest BCUT2D eigenvalue weighted by atomic mass is 32.2. The molecule has 3 aromatic rings. The summed E-state index contributed by atoms with van der Waals surface area (Å²) >= 11 is 1.61. The van der Waals surface area contributed by atoms with Gasteiger partial charge in [0.25, 0.3) is 5.91 Å². The lowest BCUT2D eigenvalue weighted by Crippen LogP contribution is -2.42. The number of benzene rings is 3. The number of carbonyl (C=O) groups excluding carboxylic acids is 2. The highest BCUT2D eigenvalue weighted by Gasteiger charge is 2.24. The first-order chi connectivity index (χ1) is 15.7. The Morgan fingerprint density at radius 3 is 2.25 bits per heavy atom. The van der Waals surface area contributed by atoms with Crippen molar-refractivity contribution >= 4 is 28.6 Å². The van der Waals surface area contributed by atoms with Gasteiger partial charge in [-0.3, -0.25) is 19.5 Å².